The van der Waals surface area contributed by atoms with E-state index < -0.39 is 234 Å². The Morgan fingerprint density at radius 1 is 0.226 bits per heavy atom. The molecule has 0 heteroatoms. The van der Waals surface area contributed by atoms with Gasteiger partial charge in [-0.15, -0.1) is 0 Å². The second kappa shape index (κ2) is 20.7. The number of fused-ring (bicyclic) bond motifs is 7. The first-order chi connectivity index (χ1) is 56.7. The molecule has 1 aliphatic rings. The molecule has 1 aliphatic carbocycles. The van der Waals surface area contributed by atoms with Gasteiger partial charge in [-0.05, 0) is 215 Å². The Balaban J connectivity index is 0.000000161. The molecular formula is C93H60. The quantitative estimate of drug-likeness (QED) is 0.115. The van der Waals surface area contributed by atoms with Crippen LogP contribution >= 0.6 is 0 Å². The molecule has 19 aromatic rings. The maximum atomic E-state index is 9.43. The SMILES string of the molecule is CC1(C)c2cc(-c3ccc(-c4ccc5ccc6cccc7ccc4c5c67)cc3)ccc2-c2ccc(-c3ccc4ccc5cccc6ccc3c4c56)cc21.[2H]c1c([2H])c(-c2c3c([2H])c([2H])c([2H])c([2H])c3c(-c3c([2H])c([2H])c([2H])c4c([2H])c([2H])c([2H])c([2H])c34)c3c([2H])c([2H])c([2H])c([2H])c23)c([2H])c([2H])c1-c1c([2H])c([2H])c2c([2H])c([2H])c([2H])c([2H])c2c1[2H]. The van der Waals surface area contributed by atoms with Crippen LogP contribution in [0.5, 0.6) is 0 Å². The lowest BCUT2D eigenvalue weighted by molar-refractivity contribution is 0.661. The van der Waals surface area contributed by atoms with Crippen LogP contribution in [0.25, 0.3) is 186 Å². The average molecular weight is 1200 g/mol. The number of benzene rings is 19. The molecular weight excluding hydrogens is 1120 g/mol. The van der Waals surface area contributed by atoms with Gasteiger partial charge in [-0.25, -0.2) is 0 Å². The zero-order valence-electron chi connectivity index (χ0n) is 75.7. The molecule has 0 radical (unpaired) electrons. The van der Waals surface area contributed by atoms with Gasteiger partial charge in [0.2, 0.25) is 0 Å². The molecule has 0 saturated carbocycles. The van der Waals surface area contributed by atoms with Gasteiger partial charge in [0, 0.05) is 5.41 Å². The second-order valence-corrected chi connectivity index (χ2v) is 24.2. The molecule has 0 heterocycles. The molecule has 93 heavy (non-hydrogen) atoms. The lowest BCUT2D eigenvalue weighted by Gasteiger charge is -2.23. The average Bonchev–Trinajstić information content (AvgIpc) is 1.41. The molecule has 0 unspecified atom stereocenters. The van der Waals surface area contributed by atoms with E-state index in [1.807, 2.05) is 0 Å². The van der Waals surface area contributed by atoms with Gasteiger partial charge in [0.25, 0.3) is 0 Å². The highest BCUT2D eigenvalue weighted by Gasteiger charge is 2.36. The van der Waals surface area contributed by atoms with Crippen LogP contribution in [0.3, 0.4) is 0 Å². The smallest absolute Gasteiger partial charge is 0.0616 e. The van der Waals surface area contributed by atoms with Gasteiger partial charge in [-0.2, -0.15) is 0 Å². The van der Waals surface area contributed by atoms with Crippen molar-refractivity contribution in [3.8, 4) is 77.9 Å². The maximum absolute atomic E-state index is 9.43. The predicted octanol–water partition coefficient (Wildman–Crippen LogP) is 26.1. The zero-order valence-corrected chi connectivity index (χ0v) is 49.7. The van der Waals surface area contributed by atoms with E-state index in [0.717, 1.165) is 0 Å². The summed E-state index contributed by atoms with van der Waals surface area (Å²) >= 11 is 0. The minimum atomic E-state index is -1.07. The van der Waals surface area contributed by atoms with Crippen LogP contribution in [0.2, 0.25) is 0 Å². The van der Waals surface area contributed by atoms with Crippen LogP contribution in [0, 0.1) is 0 Å². The molecule has 0 bridgehead atoms. The minimum absolute atomic E-state index is 0.123. The van der Waals surface area contributed by atoms with E-state index in [1.165, 1.54) is 120 Å². The van der Waals surface area contributed by atoms with Crippen LogP contribution in [0.4, 0.5) is 0 Å². The summed E-state index contributed by atoms with van der Waals surface area (Å²) in [4.78, 5) is 0. The van der Waals surface area contributed by atoms with Crippen molar-refractivity contribution < 1.29 is 35.6 Å². The van der Waals surface area contributed by atoms with Crippen molar-refractivity contribution in [2.24, 2.45) is 0 Å². The fourth-order valence-corrected chi connectivity index (χ4v) is 14.5. The van der Waals surface area contributed by atoms with Gasteiger partial charge in [-0.1, -0.05) is 323 Å². The van der Waals surface area contributed by atoms with E-state index in [-0.39, 0.29) is 5.41 Å². The molecule has 0 atom stereocenters. The van der Waals surface area contributed by atoms with Crippen LogP contribution in [0.15, 0.2) is 327 Å². The Labute approximate surface area is 576 Å². The molecule has 20 rings (SSSR count). The molecule has 0 aliphatic heterocycles. The summed E-state index contributed by atoms with van der Waals surface area (Å²) < 4.78 is 230. The van der Waals surface area contributed by atoms with Crippen LogP contribution < -0.4 is 0 Å². The third-order valence-corrected chi connectivity index (χ3v) is 18.9. The van der Waals surface area contributed by atoms with E-state index in [9.17, 15) is 12.3 Å². The van der Waals surface area contributed by atoms with Gasteiger partial charge in [0.1, 0.15) is 0 Å². The molecule has 432 valence electrons. The van der Waals surface area contributed by atoms with Crippen molar-refractivity contribution in [3.05, 3.63) is 338 Å². The summed E-state index contributed by atoms with van der Waals surface area (Å²) in [5.74, 6) is 0. The van der Waals surface area contributed by atoms with Gasteiger partial charge < -0.3 is 0 Å². The fraction of sp³-hybridized carbons (Fsp3) is 0.0323. The van der Waals surface area contributed by atoms with E-state index in [0.29, 0.717) is 0 Å². The summed E-state index contributed by atoms with van der Waals surface area (Å²) in [5, 5.41) is 10.7. The summed E-state index contributed by atoms with van der Waals surface area (Å²) in [6.45, 7) is 4.79. The third kappa shape index (κ3) is 8.32. The summed E-state index contributed by atoms with van der Waals surface area (Å²) in [6.07, 6.45) is 0. The summed E-state index contributed by atoms with van der Waals surface area (Å²) in [6, 6.07) is 40.2. The van der Waals surface area contributed by atoms with E-state index in [1.54, 1.807) is 0 Å². The van der Waals surface area contributed by atoms with Crippen LogP contribution in [0.1, 0.15) is 60.6 Å². The van der Waals surface area contributed by atoms with Crippen molar-refractivity contribution in [1.82, 2.24) is 0 Å². The maximum Gasteiger partial charge on any atom is 0.0636 e. The minimum Gasteiger partial charge on any atom is -0.0616 e. The van der Waals surface area contributed by atoms with Crippen molar-refractivity contribution in [1.29, 1.82) is 0 Å². The van der Waals surface area contributed by atoms with E-state index in [2.05, 4.69) is 184 Å². The first-order valence-corrected chi connectivity index (χ1v) is 30.5. The number of hydrogen-bond donors (Lipinski definition) is 0. The van der Waals surface area contributed by atoms with Crippen molar-refractivity contribution in [3.63, 3.8) is 0 Å². The lowest BCUT2D eigenvalue weighted by Crippen LogP contribution is -2.15. The Bertz CT molecular complexity index is 7740. The Morgan fingerprint density at radius 2 is 0.634 bits per heavy atom. The largest absolute Gasteiger partial charge is 0.0636 e. The fourth-order valence-electron chi connectivity index (χ4n) is 14.5. The summed E-state index contributed by atoms with van der Waals surface area (Å²) in [5.41, 5.74) is 8.48. The monoisotopic (exact) mass is 1200 g/mol. The number of hydrogen-bond acceptors (Lipinski definition) is 0. The highest BCUT2D eigenvalue weighted by Crippen LogP contribution is 2.52. The molecule has 0 N–H and O–H groups in total. The van der Waals surface area contributed by atoms with Crippen LogP contribution in [-0.2, 0) is 5.41 Å². The zero-order chi connectivity index (χ0) is 84.1. The molecule has 0 saturated heterocycles. The van der Waals surface area contributed by atoms with Crippen LogP contribution in [-0.4, -0.2) is 0 Å². The number of rotatable bonds is 6. The van der Waals surface area contributed by atoms with Gasteiger partial charge >= 0.3 is 0 Å². The van der Waals surface area contributed by atoms with E-state index >= 15 is 0 Å². The lowest BCUT2D eigenvalue weighted by atomic mass is 9.80. The third-order valence-electron chi connectivity index (χ3n) is 18.9. The van der Waals surface area contributed by atoms with E-state index in [4.69, 9.17) is 23.3 Å². The molecule has 0 amide bonds. The first kappa shape index (κ1) is 33.4. The van der Waals surface area contributed by atoms with Gasteiger partial charge in [0.05, 0.1) is 35.6 Å². The molecule has 0 spiro atoms. The molecule has 0 nitrogen and oxygen atoms in total. The first-order valence-electron chi connectivity index (χ1n) is 43.5. The predicted molar refractivity (Wildman–Crippen MR) is 400 cm³/mol. The Hall–Kier alpha value is -11.7. The van der Waals surface area contributed by atoms with Crippen molar-refractivity contribution in [2.45, 2.75) is 19.3 Å². The molecule has 19 aromatic carbocycles. The van der Waals surface area contributed by atoms with Gasteiger partial charge in [0.15, 0.2) is 0 Å². The van der Waals surface area contributed by atoms with Gasteiger partial charge in [-0.3, -0.25) is 0 Å². The Morgan fingerprint density at radius 3 is 1.23 bits per heavy atom. The highest BCUT2D eigenvalue weighted by molar-refractivity contribution is 6.28. The van der Waals surface area contributed by atoms with Crippen molar-refractivity contribution in [2.75, 3.05) is 0 Å². The van der Waals surface area contributed by atoms with Crippen molar-refractivity contribution >= 4 is 108 Å². The second-order valence-electron chi connectivity index (χ2n) is 24.2. The molecule has 0 aromatic heterocycles. The topological polar surface area (TPSA) is 0 Å². The standard InChI is InChI=1S/C53H34.C40H26/c1-53(2)47-29-39(31-9-11-32(12-10-31)41-23-17-37-15-13-33-5-3-7-35-19-27-45(41)51(37)49(33)35)21-25-43(47)44-26-22-40(30-48(44)53)42-24-18-38-16-14-34-6-4-8-36-20-28-46(42)52(38)50(34)36;1-2-12-31-26-32(25-22-27(31)10-1)28-20-23-30(24-21-28)39-35-15-5-7-17-37(35)40(38-18-8-6-16-36(38)39)34-19-9-13-29-11-3-4-14-33(29)34/h3-30H,1-2H3;1-26H/i;1D,2D,3D,4D,5D,6D,7D,8D,9D,10D,11D,12D,13D,14D,15D,16D,17D,18D,19D,20D,21D,22D,23D,24D,25D,26D. The normalized spacial score (nSPS) is 16.6. The molecule has 0 fully saturated rings. The highest BCUT2D eigenvalue weighted by atomic mass is 14.4. The summed E-state index contributed by atoms with van der Waals surface area (Å²) in [7, 11) is 0. The Kier molecular flexibility index (Phi) is 7.42.